The molecule has 1 heterocycles. The summed E-state index contributed by atoms with van der Waals surface area (Å²) in [5, 5.41) is 14.5. The van der Waals surface area contributed by atoms with E-state index in [0.29, 0.717) is 23.1 Å². The van der Waals surface area contributed by atoms with Gasteiger partial charge in [-0.25, -0.2) is 4.39 Å². The highest BCUT2D eigenvalue weighted by atomic mass is 32.2. The highest BCUT2D eigenvalue weighted by molar-refractivity contribution is 7.99. The molecule has 0 aliphatic carbocycles. The van der Waals surface area contributed by atoms with Gasteiger partial charge in [0.1, 0.15) is 5.82 Å². The third-order valence-electron chi connectivity index (χ3n) is 4.46. The Morgan fingerprint density at radius 3 is 2.47 bits per heavy atom. The Morgan fingerprint density at radius 2 is 1.81 bits per heavy atom. The minimum absolute atomic E-state index is 0.131. The van der Waals surface area contributed by atoms with Crippen LogP contribution in [0.4, 0.5) is 10.1 Å². The van der Waals surface area contributed by atoms with Gasteiger partial charge in [0.2, 0.25) is 5.91 Å². The summed E-state index contributed by atoms with van der Waals surface area (Å²) in [6.07, 6.45) is 1.69. The Kier molecular flexibility index (Phi) is 7.77. The van der Waals surface area contributed by atoms with Crippen LogP contribution in [0.1, 0.15) is 27.3 Å². The second kappa shape index (κ2) is 10.7. The van der Waals surface area contributed by atoms with Gasteiger partial charge in [-0.3, -0.25) is 9.59 Å². The molecule has 166 valence electrons. The third-order valence-corrected chi connectivity index (χ3v) is 5.42. The second-order valence-electron chi connectivity index (χ2n) is 7.20. The summed E-state index contributed by atoms with van der Waals surface area (Å²) in [6.45, 7) is 8.26. The van der Waals surface area contributed by atoms with Crippen molar-refractivity contribution in [3.63, 3.8) is 0 Å². The molecule has 32 heavy (non-hydrogen) atoms. The van der Waals surface area contributed by atoms with E-state index in [0.717, 1.165) is 16.8 Å². The molecule has 9 heteroatoms. The van der Waals surface area contributed by atoms with E-state index in [2.05, 4.69) is 27.4 Å². The lowest BCUT2D eigenvalue weighted by Gasteiger charge is -2.10. The highest BCUT2D eigenvalue weighted by Crippen LogP contribution is 2.19. The van der Waals surface area contributed by atoms with Gasteiger partial charge >= 0.3 is 0 Å². The van der Waals surface area contributed by atoms with Gasteiger partial charge in [0.25, 0.3) is 5.91 Å². The quantitative estimate of drug-likeness (QED) is 0.379. The second-order valence-corrected chi connectivity index (χ2v) is 8.14. The summed E-state index contributed by atoms with van der Waals surface area (Å²) < 4.78 is 14.8. The summed E-state index contributed by atoms with van der Waals surface area (Å²) in [5.74, 6) is -0.225. The molecular formula is C23H24FN5O2S. The molecule has 2 aromatic carbocycles. The van der Waals surface area contributed by atoms with Crippen molar-refractivity contribution in [1.82, 2.24) is 20.1 Å². The molecule has 1 aromatic heterocycles. The fourth-order valence-corrected chi connectivity index (χ4v) is 3.87. The number of benzene rings is 2. The number of hydrogen-bond donors (Lipinski definition) is 2. The predicted octanol–water partition coefficient (Wildman–Crippen LogP) is 3.88. The molecule has 0 fully saturated rings. The van der Waals surface area contributed by atoms with Crippen LogP contribution in [0.5, 0.6) is 0 Å². The molecule has 0 unspecified atom stereocenters. The van der Waals surface area contributed by atoms with Crippen LogP contribution in [0.2, 0.25) is 0 Å². The maximum atomic E-state index is 13.0. The van der Waals surface area contributed by atoms with E-state index in [9.17, 15) is 14.0 Å². The summed E-state index contributed by atoms with van der Waals surface area (Å²) >= 11 is 1.25. The number of aromatic nitrogens is 3. The van der Waals surface area contributed by atoms with Crippen molar-refractivity contribution in [3.8, 4) is 0 Å². The standard InChI is InChI=1S/C23H24FN5O2S/c1-4-9-29-20(13-25-22(31)17-5-7-18(24)8-6-17)27-28-23(29)32-14-21(30)26-19-11-15(2)10-16(3)12-19/h4-8,10-12H,1,9,13-14H2,2-3H3,(H,25,31)(H,26,30). The minimum Gasteiger partial charge on any atom is -0.345 e. The third kappa shape index (κ3) is 6.27. The van der Waals surface area contributed by atoms with Crippen LogP contribution in [-0.4, -0.2) is 32.3 Å². The van der Waals surface area contributed by atoms with Gasteiger partial charge in [0.15, 0.2) is 11.0 Å². The van der Waals surface area contributed by atoms with E-state index < -0.39 is 5.82 Å². The number of allylic oxidation sites excluding steroid dienone is 1. The number of aryl methyl sites for hydroxylation is 2. The van der Waals surface area contributed by atoms with Gasteiger partial charge in [0.05, 0.1) is 12.3 Å². The number of carbonyl (C=O) groups excluding carboxylic acids is 2. The van der Waals surface area contributed by atoms with Crippen LogP contribution in [0.15, 0.2) is 60.3 Å². The molecule has 0 saturated heterocycles. The molecule has 2 amide bonds. The van der Waals surface area contributed by atoms with Crippen LogP contribution in [0, 0.1) is 19.7 Å². The first-order chi connectivity index (χ1) is 15.4. The van der Waals surface area contributed by atoms with Gasteiger partial charge in [0, 0.05) is 17.8 Å². The van der Waals surface area contributed by atoms with E-state index in [1.807, 2.05) is 32.0 Å². The van der Waals surface area contributed by atoms with E-state index in [4.69, 9.17) is 0 Å². The van der Waals surface area contributed by atoms with Crippen LogP contribution in [0.3, 0.4) is 0 Å². The molecule has 3 rings (SSSR count). The maximum absolute atomic E-state index is 13.0. The Balaban J connectivity index is 1.61. The number of amides is 2. The predicted molar refractivity (Wildman–Crippen MR) is 123 cm³/mol. The number of halogens is 1. The van der Waals surface area contributed by atoms with Crippen molar-refractivity contribution in [2.24, 2.45) is 0 Å². The lowest BCUT2D eigenvalue weighted by atomic mass is 10.1. The molecule has 0 spiro atoms. The van der Waals surface area contributed by atoms with Gasteiger partial charge in [-0.2, -0.15) is 0 Å². The molecule has 2 N–H and O–H groups in total. The molecule has 0 saturated carbocycles. The number of anilines is 1. The number of nitrogens with one attached hydrogen (secondary N) is 2. The summed E-state index contributed by atoms with van der Waals surface area (Å²) in [5.41, 5.74) is 3.25. The van der Waals surface area contributed by atoms with Crippen LogP contribution in [0.25, 0.3) is 0 Å². The first-order valence-corrected chi connectivity index (χ1v) is 10.9. The summed E-state index contributed by atoms with van der Waals surface area (Å²) in [4.78, 5) is 24.7. The Hall–Kier alpha value is -3.46. The number of thioether (sulfide) groups is 1. The molecule has 0 aliphatic rings. The zero-order valence-electron chi connectivity index (χ0n) is 17.9. The molecule has 7 nitrogen and oxygen atoms in total. The van der Waals surface area contributed by atoms with Crippen molar-refractivity contribution < 1.29 is 14.0 Å². The van der Waals surface area contributed by atoms with Crippen LogP contribution >= 0.6 is 11.8 Å². The number of hydrogen-bond acceptors (Lipinski definition) is 5. The van der Waals surface area contributed by atoms with Gasteiger partial charge in [-0.05, 0) is 61.4 Å². The molecule has 0 atom stereocenters. The van der Waals surface area contributed by atoms with E-state index in [1.54, 1.807) is 10.6 Å². The molecule has 0 radical (unpaired) electrons. The van der Waals surface area contributed by atoms with Gasteiger partial charge in [-0.15, -0.1) is 16.8 Å². The Bertz CT molecular complexity index is 1110. The SMILES string of the molecule is C=CCn1c(CNC(=O)c2ccc(F)cc2)nnc1SCC(=O)Nc1cc(C)cc(C)c1. The zero-order valence-corrected chi connectivity index (χ0v) is 18.7. The monoisotopic (exact) mass is 453 g/mol. The normalized spacial score (nSPS) is 10.6. The average Bonchev–Trinajstić information content (AvgIpc) is 3.12. The maximum Gasteiger partial charge on any atom is 0.251 e. The highest BCUT2D eigenvalue weighted by Gasteiger charge is 2.15. The van der Waals surface area contributed by atoms with E-state index in [1.165, 1.54) is 36.0 Å². The van der Waals surface area contributed by atoms with Gasteiger partial charge < -0.3 is 15.2 Å². The number of carbonyl (C=O) groups is 2. The fourth-order valence-electron chi connectivity index (χ4n) is 3.11. The van der Waals surface area contributed by atoms with Crippen molar-refractivity contribution in [2.75, 3.05) is 11.1 Å². The van der Waals surface area contributed by atoms with E-state index >= 15 is 0 Å². The molecule has 0 aliphatic heterocycles. The van der Waals surface area contributed by atoms with Gasteiger partial charge in [-0.1, -0.05) is 23.9 Å². The summed E-state index contributed by atoms with van der Waals surface area (Å²) in [7, 11) is 0. The molecule has 3 aromatic rings. The topological polar surface area (TPSA) is 88.9 Å². The lowest BCUT2D eigenvalue weighted by molar-refractivity contribution is -0.113. The average molecular weight is 454 g/mol. The summed E-state index contributed by atoms with van der Waals surface area (Å²) in [6, 6.07) is 11.2. The van der Waals surface area contributed by atoms with Crippen LogP contribution in [-0.2, 0) is 17.9 Å². The Morgan fingerprint density at radius 1 is 1.12 bits per heavy atom. The van der Waals surface area contributed by atoms with Crippen molar-refractivity contribution >= 4 is 29.3 Å². The largest absolute Gasteiger partial charge is 0.345 e. The first-order valence-electron chi connectivity index (χ1n) is 9.93. The number of nitrogens with zero attached hydrogens (tertiary/aromatic N) is 3. The minimum atomic E-state index is -0.407. The van der Waals surface area contributed by atoms with Crippen molar-refractivity contribution in [2.45, 2.75) is 32.1 Å². The van der Waals surface area contributed by atoms with E-state index in [-0.39, 0.29) is 24.1 Å². The fraction of sp³-hybridized carbons (Fsp3) is 0.217. The van der Waals surface area contributed by atoms with Crippen LogP contribution < -0.4 is 10.6 Å². The lowest BCUT2D eigenvalue weighted by Crippen LogP contribution is -2.25. The smallest absolute Gasteiger partial charge is 0.251 e. The molecule has 0 bridgehead atoms. The zero-order chi connectivity index (χ0) is 23.1. The van der Waals surface area contributed by atoms with Crippen molar-refractivity contribution in [1.29, 1.82) is 0 Å². The Labute approximate surface area is 190 Å². The van der Waals surface area contributed by atoms with Crippen molar-refractivity contribution in [3.05, 3.63) is 83.5 Å². The first kappa shape index (κ1) is 23.2. The number of rotatable bonds is 9. The molecular weight excluding hydrogens is 429 g/mol.